The lowest BCUT2D eigenvalue weighted by Gasteiger charge is -2.17. The molecule has 1 aliphatic carbocycles. The highest BCUT2D eigenvalue weighted by molar-refractivity contribution is 5.81. The fraction of sp³-hybridized carbons (Fsp3) is 0.200. The normalized spacial score (nSPS) is 13.2. The minimum atomic E-state index is -1.13. The summed E-state index contributed by atoms with van der Waals surface area (Å²) < 4.78 is 5.48. The molecule has 8 nitrogen and oxygen atoms in total. The van der Waals surface area contributed by atoms with Crippen molar-refractivity contribution in [3.05, 3.63) is 89.5 Å². The van der Waals surface area contributed by atoms with Gasteiger partial charge in [-0.15, -0.1) is 0 Å². The number of hydrogen-bond donors (Lipinski definition) is 3. The Morgan fingerprint density at radius 2 is 1.58 bits per heavy atom. The van der Waals surface area contributed by atoms with E-state index in [-0.39, 0.29) is 18.9 Å². The Hall–Kier alpha value is -4.20. The van der Waals surface area contributed by atoms with E-state index >= 15 is 0 Å². The van der Waals surface area contributed by atoms with Crippen LogP contribution < -0.4 is 10.7 Å². The van der Waals surface area contributed by atoms with Crippen LogP contribution in [-0.4, -0.2) is 36.9 Å². The van der Waals surface area contributed by atoms with Gasteiger partial charge in [-0.3, -0.25) is 5.43 Å². The van der Waals surface area contributed by atoms with Crippen LogP contribution in [0.15, 0.2) is 83.1 Å². The summed E-state index contributed by atoms with van der Waals surface area (Å²) in [6, 6.07) is 22.0. The molecule has 1 aliphatic rings. The monoisotopic (exact) mass is 444 g/mol. The molecule has 4 rings (SSSR count). The molecule has 0 spiro atoms. The van der Waals surface area contributed by atoms with E-state index < -0.39 is 18.1 Å². The summed E-state index contributed by atoms with van der Waals surface area (Å²) >= 11 is 0. The van der Waals surface area contributed by atoms with E-state index in [1.54, 1.807) is 31.3 Å². The van der Waals surface area contributed by atoms with Gasteiger partial charge in [0.1, 0.15) is 12.6 Å². The summed E-state index contributed by atoms with van der Waals surface area (Å²) in [6.45, 7) is 0.124. The lowest BCUT2D eigenvalue weighted by atomic mass is 9.98. The second-order valence-corrected chi connectivity index (χ2v) is 7.67. The Morgan fingerprint density at radius 1 is 0.970 bits per heavy atom. The highest BCUT2D eigenvalue weighted by Gasteiger charge is 2.29. The van der Waals surface area contributed by atoms with Crippen molar-refractivity contribution >= 4 is 17.7 Å². The van der Waals surface area contributed by atoms with E-state index in [9.17, 15) is 14.7 Å². The first-order valence-electron chi connectivity index (χ1n) is 10.5. The Bertz CT molecular complexity index is 1130. The van der Waals surface area contributed by atoms with Crippen molar-refractivity contribution in [3.8, 4) is 11.1 Å². The molecule has 1 atom stereocenters. The maximum Gasteiger partial charge on any atom is 0.407 e. The third-order valence-corrected chi connectivity index (χ3v) is 5.61. The molecular weight excluding hydrogens is 420 g/mol. The van der Waals surface area contributed by atoms with Crippen LogP contribution >= 0.6 is 0 Å². The topological polar surface area (TPSA) is 112 Å². The molecule has 33 heavy (non-hydrogen) atoms. The van der Waals surface area contributed by atoms with Crippen LogP contribution in [-0.2, 0) is 16.0 Å². The molecule has 0 unspecified atom stereocenters. The van der Waals surface area contributed by atoms with Crippen LogP contribution in [0.2, 0.25) is 0 Å². The van der Waals surface area contributed by atoms with Crippen molar-refractivity contribution in [2.45, 2.75) is 18.4 Å². The molecule has 0 bridgehead atoms. The van der Waals surface area contributed by atoms with Gasteiger partial charge in [0.2, 0.25) is 0 Å². The van der Waals surface area contributed by atoms with Gasteiger partial charge in [-0.05, 0) is 39.9 Å². The highest BCUT2D eigenvalue weighted by atomic mass is 16.5. The van der Waals surface area contributed by atoms with Crippen molar-refractivity contribution in [3.63, 3.8) is 0 Å². The summed E-state index contributed by atoms with van der Waals surface area (Å²) in [4.78, 5) is 24.2. The number of rotatable bonds is 8. The standard InChI is InChI=1S/C25H24N4O4/c1-26-29-28-17-12-10-16(11-13-17)14-23(24(30)31)27-25(32)33-15-22-20-8-4-2-6-18(20)19-7-3-5-9-21(19)22/h2-13,22-23H,14-15H2,1H3,(H,26,28)(H,27,32)(H,30,31)/t23-/m0/s1. The maximum absolute atomic E-state index is 12.5. The fourth-order valence-corrected chi connectivity index (χ4v) is 4.04. The van der Waals surface area contributed by atoms with Gasteiger partial charge in [0.25, 0.3) is 0 Å². The summed E-state index contributed by atoms with van der Waals surface area (Å²) in [5, 5.41) is 19.4. The third-order valence-electron chi connectivity index (χ3n) is 5.61. The number of carbonyl (C=O) groups is 2. The van der Waals surface area contributed by atoms with E-state index in [0.717, 1.165) is 33.5 Å². The average molecular weight is 444 g/mol. The number of amides is 1. The van der Waals surface area contributed by atoms with Gasteiger partial charge < -0.3 is 15.2 Å². The number of carbonyl (C=O) groups excluding carboxylic acids is 1. The zero-order valence-corrected chi connectivity index (χ0v) is 18.1. The number of aliphatic carboxylic acids is 1. The number of fused-ring (bicyclic) bond motifs is 3. The quantitative estimate of drug-likeness (QED) is 0.346. The molecule has 3 aromatic rings. The van der Waals surface area contributed by atoms with E-state index in [2.05, 4.69) is 33.2 Å². The smallest absolute Gasteiger partial charge is 0.407 e. The Labute approximate surface area is 191 Å². The minimum absolute atomic E-state index is 0.0910. The van der Waals surface area contributed by atoms with E-state index in [1.165, 1.54) is 0 Å². The summed E-state index contributed by atoms with van der Waals surface area (Å²) in [5.41, 5.74) is 8.66. The van der Waals surface area contributed by atoms with Crippen molar-refractivity contribution in [1.29, 1.82) is 0 Å². The molecule has 0 heterocycles. The fourth-order valence-electron chi connectivity index (χ4n) is 4.04. The Balaban J connectivity index is 1.38. The van der Waals surface area contributed by atoms with Crippen LogP contribution in [0, 0.1) is 0 Å². The number of nitrogens with one attached hydrogen (secondary N) is 2. The number of carboxylic acids is 1. The molecule has 3 N–H and O–H groups in total. The van der Waals surface area contributed by atoms with Crippen LogP contribution in [0.5, 0.6) is 0 Å². The average Bonchev–Trinajstić information content (AvgIpc) is 3.15. The molecule has 0 radical (unpaired) electrons. The first-order chi connectivity index (χ1) is 16.1. The van der Waals surface area contributed by atoms with Crippen molar-refractivity contribution in [2.75, 3.05) is 19.1 Å². The van der Waals surface area contributed by atoms with Crippen LogP contribution in [0.1, 0.15) is 22.6 Å². The second-order valence-electron chi connectivity index (χ2n) is 7.67. The third kappa shape index (κ3) is 5.01. The first-order valence-corrected chi connectivity index (χ1v) is 10.5. The van der Waals surface area contributed by atoms with Crippen molar-refractivity contribution in [1.82, 2.24) is 5.32 Å². The largest absolute Gasteiger partial charge is 0.480 e. The van der Waals surface area contributed by atoms with E-state index in [1.807, 2.05) is 36.4 Å². The summed E-state index contributed by atoms with van der Waals surface area (Å²) in [5.74, 6) is -1.22. The van der Waals surface area contributed by atoms with Crippen molar-refractivity contribution in [2.24, 2.45) is 10.3 Å². The molecular formula is C25H24N4O4. The Morgan fingerprint density at radius 3 is 2.15 bits per heavy atom. The highest BCUT2D eigenvalue weighted by Crippen LogP contribution is 2.44. The van der Waals surface area contributed by atoms with Crippen LogP contribution in [0.3, 0.4) is 0 Å². The number of hydrogen-bond acceptors (Lipinski definition) is 5. The summed E-state index contributed by atoms with van der Waals surface area (Å²) in [6.07, 6.45) is -0.638. The zero-order chi connectivity index (χ0) is 23.2. The van der Waals surface area contributed by atoms with Crippen molar-refractivity contribution < 1.29 is 19.4 Å². The number of anilines is 1. The molecule has 0 aliphatic heterocycles. The van der Waals surface area contributed by atoms with E-state index in [4.69, 9.17) is 4.74 Å². The number of ether oxygens (including phenoxy) is 1. The predicted molar refractivity (Wildman–Crippen MR) is 124 cm³/mol. The van der Waals surface area contributed by atoms with Crippen LogP contribution in [0.25, 0.3) is 11.1 Å². The second kappa shape index (κ2) is 9.95. The van der Waals surface area contributed by atoms with Gasteiger partial charge in [0.05, 0.1) is 12.7 Å². The number of nitrogens with zero attached hydrogens (tertiary/aromatic N) is 2. The minimum Gasteiger partial charge on any atom is -0.480 e. The van der Waals surface area contributed by atoms with Gasteiger partial charge in [-0.1, -0.05) is 65.9 Å². The summed E-state index contributed by atoms with van der Waals surface area (Å²) in [7, 11) is 1.55. The predicted octanol–water partition coefficient (Wildman–Crippen LogP) is 4.63. The maximum atomic E-state index is 12.5. The number of carboxylic acid groups (broad SMARTS) is 1. The Kier molecular flexibility index (Phi) is 6.64. The molecule has 1 amide bonds. The number of alkyl carbamates (subject to hydrolysis) is 1. The van der Waals surface area contributed by atoms with Gasteiger partial charge in [0.15, 0.2) is 0 Å². The molecule has 8 heteroatoms. The molecule has 3 aromatic carbocycles. The van der Waals surface area contributed by atoms with Crippen LogP contribution in [0.4, 0.5) is 10.5 Å². The lowest BCUT2D eigenvalue weighted by molar-refractivity contribution is -0.139. The van der Waals surface area contributed by atoms with Gasteiger partial charge in [-0.25, -0.2) is 9.59 Å². The number of benzene rings is 3. The zero-order valence-electron chi connectivity index (χ0n) is 18.1. The first kappa shape index (κ1) is 22.0. The molecule has 0 fully saturated rings. The van der Waals surface area contributed by atoms with Gasteiger partial charge in [0, 0.05) is 12.3 Å². The molecule has 0 aromatic heterocycles. The molecule has 168 valence electrons. The van der Waals surface area contributed by atoms with Gasteiger partial charge >= 0.3 is 12.1 Å². The lowest BCUT2D eigenvalue weighted by Crippen LogP contribution is -2.42. The van der Waals surface area contributed by atoms with Gasteiger partial charge in [-0.2, -0.15) is 5.11 Å². The van der Waals surface area contributed by atoms with E-state index in [0.29, 0.717) is 0 Å². The molecule has 0 saturated carbocycles. The SMILES string of the molecule is CN=NNc1ccc(C[C@H](NC(=O)OCC2c3ccccc3-c3ccccc32)C(=O)O)cc1. The molecule has 0 saturated heterocycles.